The van der Waals surface area contributed by atoms with Gasteiger partial charge >= 0.3 is 0 Å². The number of hydrogen-bond acceptors (Lipinski definition) is 1. The van der Waals surface area contributed by atoms with Crippen LogP contribution >= 0.6 is 0 Å². The van der Waals surface area contributed by atoms with E-state index in [1.807, 2.05) is 16.9 Å². The number of aromatic nitrogens is 3. The highest BCUT2D eigenvalue weighted by molar-refractivity contribution is 5.41. The topological polar surface area (TPSA) is 22.2 Å². The number of nitrogens with zero attached hydrogens (tertiary/aromatic N) is 3. The molecule has 2 aromatic heterocycles. The Hall–Kier alpha value is -1.25. The molecule has 2 heterocycles. The van der Waals surface area contributed by atoms with Gasteiger partial charge in [-0.1, -0.05) is 12.8 Å². The molecular formula is C11H15N3. The first-order chi connectivity index (χ1) is 6.84. The summed E-state index contributed by atoms with van der Waals surface area (Å²) in [6, 6.07) is 2.23. The molecule has 0 radical (unpaired) electrons. The van der Waals surface area contributed by atoms with Gasteiger partial charge in [-0.3, -0.25) is 0 Å². The van der Waals surface area contributed by atoms with Crippen molar-refractivity contribution in [2.75, 3.05) is 0 Å². The summed E-state index contributed by atoms with van der Waals surface area (Å²) >= 11 is 0. The fraction of sp³-hybridized carbons (Fsp3) is 0.545. The van der Waals surface area contributed by atoms with Crippen molar-refractivity contribution in [2.45, 2.75) is 31.6 Å². The molecule has 1 aliphatic rings. The van der Waals surface area contributed by atoms with Gasteiger partial charge in [-0.25, -0.2) is 4.52 Å². The van der Waals surface area contributed by atoms with E-state index < -0.39 is 0 Å². The van der Waals surface area contributed by atoms with Crippen LogP contribution < -0.4 is 0 Å². The van der Waals surface area contributed by atoms with Gasteiger partial charge in [-0.15, -0.1) is 0 Å². The van der Waals surface area contributed by atoms with E-state index in [2.05, 4.69) is 22.8 Å². The fourth-order valence-corrected chi connectivity index (χ4v) is 2.44. The quantitative estimate of drug-likeness (QED) is 0.675. The summed E-state index contributed by atoms with van der Waals surface area (Å²) in [6.45, 7) is 0. The Morgan fingerprint density at radius 3 is 2.79 bits per heavy atom. The van der Waals surface area contributed by atoms with E-state index in [-0.39, 0.29) is 0 Å². The van der Waals surface area contributed by atoms with Crippen LogP contribution in [-0.2, 0) is 7.05 Å². The minimum absolute atomic E-state index is 0.717. The number of hydrogen-bond donors (Lipinski definition) is 0. The molecule has 0 unspecified atom stereocenters. The Morgan fingerprint density at radius 2 is 2.07 bits per heavy atom. The predicted octanol–water partition coefficient (Wildman–Crippen LogP) is 2.33. The molecule has 2 aromatic rings. The van der Waals surface area contributed by atoms with Crippen molar-refractivity contribution in [1.82, 2.24) is 14.2 Å². The van der Waals surface area contributed by atoms with Crippen molar-refractivity contribution in [2.24, 2.45) is 7.05 Å². The minimum Gasteiger partial charge on any atom is -0.334 e. The summed E-state index contributed by atoms with van der Waals surface area (Å²) in [5.74, 6) is 0.717. The lowest BCUT2D eigenvalue weighted by Gasteiger charge is -2.02. The molecule has 0 spiro atoms. The Morgan fingerprint density at radius 1 is 1.29 bits per heavy atom. The molecule has 14 heavy (non-hydrogen) atoms. The average molecular weight is 189 g/mol. The van der Waals surface area contributed by atoms with Crippen molar-refractivity contribution in [3.05, 3.63) is 24.2 Å². The highest BCUT2D eigenvalue weighted by Crippen LogP contribution is 2.33. The highest BCUT2D eigenvalue weighted by atomic mass is 15.3. The largest absolute Gasteiger partial charge is 0.334 e. The predicted molar refractivity (Wildman–Crippen MR) is 55.4 cm³/mol. The van der Waals surface area contributed by atoms with Crippen LogP contribution in [0.5, 0.6) is 0 Å². The first kappa shape index (κ1) is 8.09. The summed E-state index contributed by atoms with van der Waals surface area (Å²) in [5, 5.41) is 4.61. The molecule has 1 fully saturated rings. The van der Waals surface area contributed by atoms with E-state index in [0.717, 1.165) is 5.92 Å². The van der Waals surface area contributed by atoms with Crippen molar-refractivity contribution in [3.8, 4) is 0 Å². The van der Waals surface area contributed by atoms with Crippen LogP contribution in [0.15, 0.2) is 18.5 Å². The zero-order chi connectivity index (χ0) is 9.54. The zero-order valence-corrected chi connectivity index (χ0v) is 8.48. The van der Waals surface area contributed by atoms with Gasteiger partial charge in [0, 0.05) is 31.4 Å². The third-order valence-electron chi connectivity index (χ3n) is 3.30. The van der Waals surface area contributed by atoms with E-state index >= 15 is 0 Å². The second-order valence-corrected chi connectivity index (χ2v) is 4.26. The van der Waals surface area contributed by atoms with Gasteiger partial charge in [-0.05, 0) is 12.8 Å². The van der Waals surface area contributed by atoms with E-state index in [1.54, 1.807) is 0 Å². The zero-order valence-electron chi connectivity index (χ0n) is 8.48. The molecule has 1 saturated carbocycles. The van der Waals surface area contributed by atoms with Gasteiger partial charge in [0.2, 0.25) is 0 Å². The molecule has 1 aliphatic carbocycles. The molecule has 3 nitrogen and oxygen atoms in total. The third kappa shape index (κ3) is 1.08. The van der Waals surface area contributed by atoms with Crippen molar-refractivity contribution >= 4 is 5.65 Å². The van der Waals surface area contributed by atoms with Crippen molar-refractivity contribution < 1.29 is 0 Å². The minimum atomic E-state index is 0.717. The summed E-state index contributed by atoms with van der Waals surface area (Å²) in [7, 11) is 2.06. The van der Waals surface area contributed by atoms with Crippen molar-refractivity contribution in [3.63, 3.8) is 0 Å². The Kier molecular flexibility index (Phi) is 1.66. The fourth-order valence-electron chi connectivity index (χ4n) is 2.44. The SMILES string of the molecule is Cn1ccn2nc(C3CCCC3)cc12. The lowest BCUT2D eigenvalue weighted by Crippen LogP contribution is -1.93. The molecule has 0 atom stereocenters. The average Bonchev–Trinajstić information content (AvgIpc) is 2.83. The number of rotatable bonds is 1. The van der Waals surface area contributed by atoms with Crippen LogP contribution in [0.3, 0.4) is 0 Å². The molecule has 0 saturated heterocycles. The first-order valence-corrected chi connectivity index (χ1v) is 5.35. The molecule has 74 valence electrons. The number of fused-ring (bicyclic) bond motifs is 1. The Bertz CT molecular complexity index is 446. The summed E-state index contributed by atoms with van der Waals surface area (Å²) < 4.78 is 4.10. The molecule has 0 amide bonds. The van der Waals surface area contributed by atoms with Crippen LogP contribution in [0.25, 0.3) is 5.65 Å². The highest BCUT2D eigenvalue weighted by Gasteiger charge is 2.20. The smallest absolute Gasteiger partial charge is 0.135 e. The van der Waals surface area contributed by atoms with E-state index in [4.69, 9.17) is 0 Å². The van der Waals surface area contributed by atoms with Crippen LogP contribution in [0, 0.1) is 0 Å². The van der Waals surface area contributed by atoms with Crippen LogP contribution in [0.4, 0.5) is 0 Å². The van der Waals surface area contributed by atoms with Crippen LogP contribution in [-0.4, -0.2) is 14.2 Å². The monoisotopic (exact) mass is 189 g/mol. The van der Waals surface area contributed by atoms with Gasteiger partial charge in [0.05, 0.1) is 5.69 Å². The molecule has 0 bridgehead atoms. The summed E-state index contributed by atoms with van der Waals surface area (Å²) in [4.78, 5) is 0. The van der Waals surface area contributed by atoms with E-state index in [9.17, 15) is 0 Å². The molecule has 0 aliphatic heterocycles. The summed E-state index contributed by atoms with van der Waals surface area (Å²) in [5.41, 5.74) is 2.49. The second kappa shape index (κ2) is 2.87. The Balaban J connectivity index is 2.05. The van der Waals surface area contributed by atoms with Crippen LogP contribution in [0.2, 0.25) is 0 Å². The normalized spacial score (nSPS) is 18.4. The van der Waals surface area contributed by atoms with Crippen molar-refractivity contribution in [1.29, 1.82) is 0 Å². The van der Waals surface area contributed by atoms with Gasteiger partial charge in [-0.2, -0.15) is 5.10 Å². The van der Waals surface area contributed by atoms with E-state index in [1.165, 1.54) is 37.0 Å². The Labute approximate surface area is 83.3 Å². The molecule has 0 N–H and O–H groups in total. The maximum atomic E-state index is 4.61. The van der Waals surface area contributed by atoms with Gasteiger partial charge in [0.25, 0.3) is 0 Å². The van der Waals surface area contributed by atoms with Gasteiger partial charge in [0.1, 0.15) is 5.65 Å². The van der Waals surface area contributed by atoms with Gasteiger partial charge in [0.15, 0.2) is 0 Å². The first-order valence-electron chi connectivity index (χ1n) is 5.35. The second-order valence-electron chi connectivity index (χ2n) is 4.26. The lowest BCUT2D eigenvalue weighted by atomic mass is 10.1. The number of aryl methyl sites for hydroxylation is 1. The standard InChI is InChI=1S/C11H15N3/c1-13-6-7-14-11(13)8-10(12-14)9-4-2-3-5-9/h6-9H,2-5H2,1H3. The van der Waals surface area contributed by atoms with Gasteiger partial charge < -0.3 is 4.57 Å². The third-order valence-corrected chi connectivity index (χ3v) is 3.30. The number of imidazole rings is 1. The molecule has 3 rings (SSSR count). The van der Waals surface area contributed by atoms with E-state index in [0.29, 0.717) is 0 Å². The molecule has 3 heteroatoms. The lowest BCUT2D eigenvalue weighted by molar-refractivity contribution is 0.685. The molecular weight excluding hydrogens is 174 g/mol. The summed E-state index contributed by atoms with van der Waals surface area (Å²) in [6.07, 6.45) is 9.46. The maximum Gasteiger partial charge on any atom is 0.135 e. The maximum absolute atomic E-state index is 4.61. The molecule has 0 aromatic carbocycles. The van der Waals surface area contributed by atoms with Crippen LogP contribution in [0.1, 0.15) is 37.3 Å².